The van der Waals surface area contributed by atoms with Crippen molar-refractivity contribution in [2.24, 2.45) is 11.7 Å². The SMILES string of the molecule is CN(C(=O)C1Cc2ccccc21)C(CN)C1CC1. The van der Waals surface area contributed by atoms with Gasteiger partial charge in [-0.15, -0.1) is 0 Å². The first-order valence-electron chi connectivity index (χ1n) is 6.77. The van der Waals surface area contributed by atoms with Crippen molar-refractivity contribution < 1.29 is 4.79 Å². The van der Waals surface area contributed by atoms with E-state index in [0.717, 1.165) is 6.42 Å². The van der Waals surface area contributed by atoms with Gasteiger partial charge in [-0.3, -0.25) is 4.79 Å². The summed E-state index contributed by atoms with van der Waals surface area (Å²) < 4.78 is 0. The normalized spacial score (nSPS) is 22.9. The molecule has 3 heteroatoms. The van der Waals surface area contributed by atoms with Crippen molar-refractivity contribution in [3.63, 3.8) is 0 Å². The van der Waals surface area contributed by atoms with Crippen molar-refractivity contribution in [3.05, 3.63) is 35.4 Å². The summed E-state index contributed by atoms with van der Waals surface area (Å²) in [4.78, 5) is 14.4. The van der Waals surface area contributed by atoms with Gasteiger partial charge in [0, 0.05) is 19.6 Å². The first-order chi connectivity index (χ1) is 8.72. The lowest BCUT2D eigenvalue weighted by Crippen LogP contribution is -2.47. The zero-order chi connectivity index (χ0) is 12.7. The van der Waals surface area contributed by atoms with E-state index in [4.69, 9.17) is 5.73 Å². The van der Waals surface area contributed by atoms with E-state index in [1.54, 1.807) is 0 Å². The van der Waals surface area contributed by atoms with Crippen LogP contribution in [0.3, 0.4) is 0 Å². The summed E-state index contributed by atoms with van der Waals surface area (Å²) in [5.74, 6) is 0.953. The summed E-state index contributed by atoms with van der Waals surface area (Å²) >= 11 is 0. The van der Waals surface area contributed by atoms with Gasteiger partial charge >= 0.3 is 0 Å². The van der Waals surface area contributed by atoms with Gasteiger partial charge in [0.1, 0.15) is 0 Å². The van der Waals surface area contributed by atoms with E-state index in [9.17, 15) is 4.79 Å². The van der Waals surface area contributed by atoms with E-state index in [1.165, 1.54) is 24.0 Å². The average molecular weight is 244 g/mol. The maximum absolute atomic E-state index is 12.5. The summed E-state index contributed by atoms with van der Waals surface area (Å²) in [7, 11) is 1.92. The molecule has 0 spiro atoms. The number of amides is 1. The molecule has 2 atom stereocenters. The second-order valence-corrected chi connectivity index (χ2v) is 5.55. The van der Waals surface area contributed by atoms with Crippen molar-refractivity contribution in [2.45, 2.75) is 31.2 Å². The molecular weight excluding hydrogens is 224 g/mol. The maximum atomic E-state index is 12.5. The minimum Gasteiger partial charge on any atom is -0.341 e. The Labute approximate surface area is 108 Å². The van der Waals surface area contributed by atoms with Gasteiger partial charge in [0.15, 0.2) is 0 Å². The maximum Gasteiger partial charge on any atom is 0.230 e. The zero-order valence-corrected chi connectivity index (χ0v) is 10.8. The molecule has 0 saturated heterocycles. The first-order valence-corrected chi connectivity index (χ1v) is 6.77. The summed E-state index contributed by atoms with van der Waals surface area (Å²) in [6, 6.07) is 8.48. The van der Waals surface area contributed by atoms with Crippen LogP contribution < -0.4 is 5.73 Å². The monoisotopic (exact) mass is 244 g/mol. The third-order valence-electron chi connectivity index (χ3n) is 4.41. The Morgan fingerprint density at radius 1 is 1.44 bits per heavy atom. The van der Waals surface area contributed by atoms with Gasteiger partial charge in [0.05, 0.1) is 5.92 Å². The minimum atomic E-state index is 0.0685. The highest BCUT2D eigenvalue weighted by atomic mass is 16.2. The second kappa shape index (κ2) is 4.39. The molecule has 0 aromatic heterocycles. The fourth-order valence-electron chi connectivity index (χ4n) is 3.04. The van der Waals surface area contributed by atoms with Gasteiger partial charge < -0.3 is 10.6 Å². The van der Waals surface area contributed by atoms with E-state index >= 15 is 0 Å². The second-order valence-electron chi connectivity index (χ2n) is 5.55. The third-order valence-corrected chi connectivity index (χ3v) is 4.41. The molecule has 1 aromatic rings. The van der Waals surface area contributed by atoms with Gasteiger partial charge in [0.25, 0.3) is 0 Å². The Morgan fingerprint density at radius 2 is 2.17 bits per heavy atom. The number of hydrogen-bond acceptors (Lipinski definition) is 2. The highest BCUT2D eigenvalue weighted by Crippen LogP contribution is 2.39. The van der Waals surface area contributed by atoms with E-state index in [1.807, 2.05) is 24.1 Å². The van der Waals surface area contributed by atoms with Crippen molar-refractivity contribution in [2.75, 3.05) is 13.6 Å². The van der Waals surface area contributed by atoms with E-state index in [-0.39, 0.29) is 17.9 Å². The first kappa shape index (κ1) is 11.7. The Bertz CT molecular complexity index is 467. The van der Waals surface area contributed by atoms with Crippen LogP contribution in [0.4, 0.5) is 0 Å². The van der Waals surface area contributed by atoms with Gasteiger partial charge in [-0.05, 0) is 36.3 Å². The lowest BCUT2D eigenvalue weighted by atomic mass is 9.76. The van der Waals surface area contributed by atoms with Crippen LogP contribution in [-0.2, 0) is 11.2 Å². The number of fused-ring (bicyclic) bond motifs is 1. The molecule has 0 radical (unpaired) electrons. The number of rotatable bonds is 4. The molecule has 2 aliphatic carbocycles. The van der Waals surface area contributed by atoms with Gasteiger partial charge in [-0.25, -0.2) is 0 Å². The van der Waals surface area contributed by atoms with Crippen LogP contribution in [0.1, 0.15) is 29.9 Å². The molecule has 3 nitrogen and oxygen atoms in total. The molecule has 1 saturated carbocycles. The highest BCUT2D eigenvalue weighted by Gasteiger charge is 2.39. The molecule has 2 unspecified atom stereocenters. The summed E-state index contributed by atoms with van der Waals surface area (Å²) in [6.45, 7) is 0.585. The van der Waals surface area contributed by atoms with Crippen LogP contribution in [0.2, 0.25) is 0 Å². The predicted molar refractivity (Wildman–Crippen MR) is 71.2 cm³/mol. The number of likely N-dealkylation sites (N-methyl/N-ethyl adjacent to an activating group) is 1. The fraction of sp³-hybridized carbons (Fsp3) is 0.533. The fourth-order valence-corrected chi connectivity index (χ4v) is 3.04. The Hall–Kier alpha value is -1.35. The number of carbonyl (C=O) groups excluding carboxylic acids is 1. The van der Waals surface area contributed by atoms with Crippen molar-refractivity contribution >= 4 is 5.91 Å². The number of nitrogens with zero attached hydrogens (tertiary/aromatic N) is 1. The number of benzene rings is 1. The van der Waals surface area contributed by atoms with Crippen LogP contribution in [0, 0.1) is 5.92 Å². The molecule has 0 bridgehead atoms. The number of nitrogens with two attached hydrogens (primary N) is 1. The van der Waals surface area contributed by atoms with Crippen molar-refractivity contribution in [1.29, 1.82) is 0 Å². The third kappa shape index (κ3) is 1.83. The molecule has 18 heavy (non-hydrogen) atoms. The number of carbonyl (C=O) groups is 1. The molecule has 2 N–H and O–H groups in total. The lowest BCUT2D eigenvalue weighted by molar-refractivity contribution is -0.134. The topological polar surface area (TPSA) is 46.3 Å². The van der Waals surface area contributed by atoms with Crippen LogP contribution in [0.25, 0.3) is 0 Å². The minimum absolute atomic E-state index is 0.0685. The highest BCUT2D eigenvalue weighted by molar-refractivity contribution is 5.87. The average Bonchev–Trinajstić information content (AvgIpc) is 3.16. The van der Waals surface area contributed by atoms with Gasteiger partial charge in [0.2, 0.25) is 5.91 Å². The quantitative estimate of drug-likeness (QED) is 0.873. The van der Waals surface area contributed by atoms with Crippen molar-refractivity contribution in [3.8, 4) is 0 Å². The van der Waals surface area contributed by atoms with Crippen LogP contribution in [-0.4, -0.2) is 30.4 Å². The van der Waals surface area contributed by atoms with Crippen molar-refractivity contribution in [1.82, 2.24) is 4.90 Å². The molecule has 3 rings (SSSR count). The largest absolute Gasteiger partial charge is 0.341 e. The molecule has 96 valence electrons. The molecular formula is C15H20N2O. The Morgan fingerprint density at radius 3 is 2.78 bits per heavy atom. The molecule has 1 amide bonds. The van der Waals surface area contributed by atoms with Gasteiger partial charge in [-0.1, -0.05) is 24.3 Å². The van der Waals surface area contributed by atoms with Crippen LogP contribution >= 0.6 is 0 Å². The zero-order valence-electron chi connectivity index (χ0n) is 10.8. The smallest absolute Gasteiger partial charge is 0.230 e. The summed E-state index contributed by atoms with van der Waals surface area (Å²) in [6.07, 6.45) is 3.34. The molecule has 1 aromatic carbocycles. The molecule has 1 fully saturated rings. The van der Waals surface area contributed by atoms with Crippen LogP contribution in [0.15, 0.2) is 24.3 Å². The van der Waals surface area contributed by atoms with Gasteiger partial charge in [-0.2, -0.15) is 0 Å². The predicted octanol–water partition coefficient (Wildman–Crippen LogP) is 1.52. The summed E-state index contributed by atoms with van der Waals surface area (Å²) in [5.41, 5.74) is 8.34. The lowest BCUT2D eigenvalue weighted by Gasteiger charge is -2.35. The molecule has 2 aliphatic rings. The summed E-state index contributed by atoms with van der Waals surface area (Å²) in [5, 5.41) is 0. The van der Waals surface area contributed by atoms with E-state index < -0.39 is 0 Å². The molecule has 0 aliphatic heterocycles. The van der Waals surface area contributed by atoms with E-state index in [2.05, 4.69) is 12.1 Å². The molecule has 0 heterocycles. The van der Waals surface area contributed by atoms with E-state index in [0.29, 0.717) is 12.5 Å². The van der Waals surface area contributed by atoms with Crippen LogP contribution in [0.5, 0.6) is 0 Å². The Balaban J connectivity index is 1.72. The Kier molecular flexibility index (Phi) is 2.86. The standard InChI is InChI=1S/C15H20N2O/c1-17(14(9-16)10-6-7-10)15(18)13-8-11-4-2-3-5-12(11)13/h2-5,10,13-14H,6-9,16H2,1H3. The number of hydrogen-bond donors (Lipinski definition) is 1.